The van der Waals surface area contributed by atoms with Gasteiger partial charge in [0.05, 0.1) is 5.69 Å². The van der Waals surface area contributed by atoms with Crippen LogP contribution in [0.2, 0.25) is 5.02 Å². The Kier molecular flexibility index (Phi) is 5.65. The minimum Gasteiger partial charge on any atom is -0.328 e. The van der Waals surface area contributed by atoms with Gasteiger partial charge in [-0.3, -0.25) is 4.68 Å². The number of halogens is 1. The molecule has 6 heteroatoms. The molecule has 0 radical (unpaired) electrons. The number of aryl methyl sites for hydroxylation is 2. The number of piperidine rings is 1. The summed E-state index contributed by atoms with van der Waals surface area (Å²) in [5.74, 6) is 0. The number of rotatable bonds is 6. The van der Waals surface area contributed by atoms with Gasteiger partial charge in [0.15, 0.2) is 0 Å². The van der Waals surface area contributed by atoms with Crippen LogP contribution >= 0.6 is 11.6 Å². The first-order valence-electron chi connectivity index (χ1n) is 8.30. The number of aromatic nitrogens is 3. The Morgan fingerprint density at radius 2 is 1.83 bits per heavy atom. The fourth-order valence-electron chi connectivity index (χ4n) is 2.91. The number of benzene rings is 1. The molecule has 0 spiro atoms. The lowest BCUT2D eigenvalue weighted by Crippen LogP contribution is -2.40. The molecule has 0 bridgehead atoms. The average Bonchev–Trinajstić information content (AvgIpc) is 3.02. The lowest BCUT2D eigenvalue weighted by molar-refractivity contribution is 0.215. The van der Waals surface area contributed by atoms with Gasteiger partial charge in [-0.2, -0.15) is 0 Å². The van der Waals surface area contributed by atoms with Crippen molar-refractivity contribution in [1.82, 2.24) is 19.9 Å². The van der Waals surface area contributed by atoms with Crippen LogP contribution in [0.5, 0.6) is 0 Å². The van der Waals surface area contributed by atoms with Gasteiger partial charge < -0.3 is 10.6 Å². The third-order valence-electron chi connectivity index (χ3n) is 4.45. The number of likely N-dealkylation sites (tertiary alicyclic amines) is 1. The largest absolute Gasteiger partial charge is 0.328 e. The van der Waals surface area contributed by atoms with E-state index in [0.717, 1.165) is 62.6 Å². The Labute approximate surface area is 142 Å². The summed E-state index contributed by atoms with van der Waals surface area (Å²) in [5.41, 5.74) is 8.26. The van der Waals surface area contributed by atoms with Gasteiger partial charge >= 0.3 is 0 Å². The second kappa shape index (κ2) is 7.90. The summed E-state index contributed by atoms with van der Waals surface area (Å²) in [7, 11) is 0. The highest BCUT2D eigenvalue weighted by molar-refractivity contribution is 6.30. The first-order chi connectivity index (χ1) is 11.2. The zero-order chi connectivity index (χ0) is 16.1. The maximum Gasteiger partial charge on any atom is 0.0839 e. The molecule has 0 unspecified atom stereocenters. The minimum atomic E-state index is 0.389. The van der Waals surface area contributed by atoms with Crippen molar-refractivity contribution >= 4 is 11.6 Å². The average molecular weight is 334 g/mol. The van der Waals surface area contributed by atoms with E-state index in [4.69, 9.17) is 17.3 Å². The molecule has 124 valence electrons. The van der Waals surface area contributed by atoms with Crippen LogP contribution in [0.1, 0.15) is 24.1 Å². The second-order valence-electron chi connectivity index (χ2n) is 6.28. The molecule has 1 aliphatic heterocycles. The Hall–Kier alpha value is -1.43. The zero-order valence-electron chi connectivity index (χ0n) is 13.4. The van der Waals surface area contributed by atoms with Gasteiger partial charge in [-0.15, -0.1) is 5.10 Å². The van der Waals surface area contributed by atoms with Crippen molar-refractivity contribution in [1.29, 1.82) is 0 Å². The zero-order valence-corrected chi connectivity index (χ0v) is 14.1. The molecule has 1 aliphatic rings. The SMILES string of the molecule is NC1CCN(CCc2cn(CCc3ccc(Cl)cc3)nn2)CC1. The number of hydrogen-bond donors (Lipinski definition) is 1. The molecule has 1 fully saturated rings. The maximum atomic E-state index is 5.94. The lowest BCUT2D eigenvalue weighted by Gasteiger charge is -2.29. The summed E-state index contributed by atoms with van der Waals surface area (Å²) >= 11 is 5.90. The van der Waals surface area contributed by atoms with Crippen molar-refractivity contribution in [2.24, 2.45) is 5.73 Å². The highest BCUT2D eigenvalue weighted by Crippen LogP contribution is 2.11. The summed E-state index contributed by atoms with van der Waals surface area (Å²) in [6.07, 6.45) is 6.16. The summed E-state index contributed by atoms with van der Waals surface area (Å²) in [6.45, 7) is 4.09. The standard InChI is InChI=1S/C17H24ClN5/c18-15-3-1-14(2-4-15)5-12-23-13-17(20-21-23)8-11-22-9-6-16(19)7-10-22/h1-4,13,16H,5-12,19H2. The fraction of sp³-hybridized carbons (Fsp3) is 0.529. The molecule has 0 saturated carbocycles. The van der Waals surface area contributed by atoms with E-state index in [1.54, 1.807) is 0 Å². The van der Waals surface area contributed by atoms with Gasteiger partial charge in [0.25, 0.3) is 0 Å². The quantitative estimate of drug-likeness (QED) is 0.880. The molecular weight excluding hydrogens is 310 g/mol. The molecule has 0 amide bonds. The molecule has 0 atom stereocenters. The van der Waals surface area contributed by atoms with Crippen molar-refractivity contribution in [3.05, 3.63) is 46.7 Å². The van der Waals surface area contributed by atoms with Crippen LogP contribution in [0.15, 0.2) is 30.5 Å². The first kappa shape index (κ1) is 16.4. The van der Waals surface area contributed by atoms with Crippen molar-refractivity contribution in [3.63, 3.8) is 0 Å². The van der Waals surface area contributed by atoms with Gasteiger partial charge in [0.1, 0.15) is 0 Å². The van der Waals surface area contributed by atoms with Crippen molar-refractivity contribution < 1.29 is 0 Å². The fourth-order valence-corrected chi connectivity index (χ4v) is 3.03. The summed E-state index contributed by atoms with van der Waals surface area (Å²) in [5, 5.41) is 9.28. The van der Waals surface area contributed by atoms with Crippen molar-refractivity contribution in [2.75, 3.05) is 19.6 Å². The van der Waals surface area contributed by atoms with E-state index >= 15 is 0 Å². The lowest BCUT2D eigenvalue weighted by atomic mass is 10.1. The highest BCUT2D eigenvalue weighted by Gasteiger charge is 2.15. The smallest absolute Gasteiger partial charge is 0.0839 e. The predicted octanol–water partition coefficient (Wildman–Crippen LogP) is 2.14. The monoisotopic (exact) mass is 333 g/mol. The van der Waals surface area contributed by atoms with E-state index in [1.165, 1.54) is 5.56 Å². The predicted molar refractivity (Wildman–Crippen MR) is 92.5 cm³/mol. The van der Waals surface area contributed by atoms with E-state index in [0.29, 0.717) is 6.04 Å². The van der Waals surface area contributed by atoms with Crippen LogP contribution in [0.4, 0.5) is 0 Å². The highest BCUT2D eigenvalue weighted by atomic mass is 35.5. The summed E-state index contributed by atoms with van der Waals surface area (Å²) in [6, 6.07) is 8.35. The minimum absolute atomic E-state index is 0.389. The Morgan fingerprint density at radius 1 is 1.09 bits per heavy atom. The Bertz CT molecular complexity index is 602. The van der Waals surface area contributed by atoms with Gasteiger partial charge in [-0.05, 0) is 50.0 Å². The summed E-state index contributed by atoms with van der Waals surface area (Å²) < 4.78 is 1.93. The van der Waals surface area contributed by atoms with Crippen molar-refractivity contribution in [2.45, 2.75) is 38.3 Å². The molecule has 5 nitrogen and oxygen atoms in total. The number of nitrogens with zero attached hydrogens (tertiary/aromatic N) is 4. The van der Waals surface area contributed by atoms with Crippen molar-refractivity contribution in [3.8, 4) is 0 Å². The molecule has 1 saturated heterocycles. The van der Waals surface area contributed by atoms with Crippen LogP contribution < -0.4 is 5.73 Å². The summed E-state index contributed by atoms with van der Waals surface area (Å²) in [4.78, 5) is 2.47. The van der Waals surface area contributed by atoms with E-state index in [2.05, 4.69) is 33.5 Å². The molecule has 2 aromatic rings. The molecule has 0 aliphatic carbocycles. The molecule has 23 heavy (non-hydrogen) atoms. The number of nitrogens with two attached hydrogens (primary N) is 1. The third kappa shape index (κ3) is 5.03. The van der Waals surface area contributed by atoms with Crippen LogP contribution in [0, 0.1) is 0 Å². The van der Waals surface area contributed by atoms with E-state index in [9.17, 15) is 0 Å². The first-order valence-corrected chi connectivity index (χ1v) is 8.68. The van der Waals surface area contributed by atoms with Gasteiger partial charge in [-0.1, -0.05) is 28.9 Å². The van der Waals surface area contributed by atoms with E-state index in [1.807, 2.05) is 16.8 Å². The molecule has 1 aromatic carbocycles. The van der Waals surface area contributed by atoms with Crippen LogP contribution in [-0.2, 0) is 19.4 Å². The maximum absolute atomic E-state index is 5.94. The Morgan fingerprint density at radius 3 is 2.57 bits per heavy atom. The van der Waals surface area contributed by atoms with Gasteiger partial charge in [0, 0.05) is 36.8 Å². The molecule has 3 rings (SSSR count). The molecule has 2 heterocycles. The van der Waals surface area contributed by atoms with Crippen LogP contribution in [-0.4, -0.2) is 45.6 Å². The molecular formula is C17H24ClN5. The van der Waals surface area contributed by atoms with Gasteiger partial charge in [0.2, 0.25) is 0 Å². The normalized spacial score (nSPS) is 16.8. The molecule has 1 aromatic heterocycles. The van der Waals surface area contributed by atoms with Gasteiger partial charge in [-0.25, -0.2) is 0 Å². The second-order valence-corrected chi connectivity index (χ2v) is 6.71. The van der Waals surface area contributed by atoms with E-state index in [-0.39, 0.29) is 0 Å². The third-order valence-corrected chi connectivity index (χ3v) is 4.70. The van der Waals surface area contributed by atoms with Crippen LogP contribution in [0.25, 0.3) is 0 Å². The Balaban J connectivity index is 1.43. The van der Waals surface area contributed by atoms with E-state index < -0.39 is 0 Å². The van der Waals surface area contributed by atoms with Crippen LogP contribution in [0.3, 0.4) is 0 Å². The topological polar surface area (TPSA) is 60.0 Å². The number of hydrogen-bond acceptors (Lipinski definition) is 4. The molecule has 2 N–H and O–H groups in total.